The molecule has 0 amide bonds. The minimum Gasteiger partial charge on any atom is -0.390 e. The van der Waals surface area contributed by atoms with Crippen molar-refractivity contribution in [2.24, 2.45) is 17.0 Å². The minimum absolute atomic E-state index is 0.0116. The number of aliphatic hydroxyl groups excluding tert-OH is 2. The van der Waals surface area contributed by atoms with Gasteiger partial charge in [-0.3, -0.25) is 13.7 Å². The van der Waals surface area contributed by atoms with Gasteiger partial charge in [0, 0.05) is 18.3 Å². The lowest BCUT2D eigenvalue weighted by atomic mass is 9.95. The Balaban J connectivity index is 1.49. The standard InChI is InChI=1S/C23H23ClF3N5O6S/c24-17-2-1-12(5-16(17)23(25,26)27)9-32-4-3-18(31-32)22(35)15-8-29-11-30-19(15)7-13-6-14(21(34)20(13)33)10-38-39(28,36)37/h1-5,8,11,13-14,20-21,33-34H,6-7,9-10H2,(H2,28,36,37)/t13-,14+,20-,21+/m0/s1. The number of rotatable bonds is 9. The number of benzene rings is 1. The Hall–Kier alpha value is -2.95. The Bertz CT molecular complexity index is 1470. The van der Waals surface area contributed by atoms with Crippen LogP contribution in [0.5, 0.6) is 0 Å². The van der Waals surface area contributed by atoms with Gasteiger partial charge in [0.05, 0.1) is 47.2 Å². The zero-order valence-corrected chi connectivity index (χ0v) is 21.6. The summed E-state index contributed by atoms with van der Waals surface area (Å²) in [5.41, 5.74) is -0.371. The molecule has 3 aromatic rings. The van der Waals surface area contributed by atoms with Gasteiger partial charge >= 0.3 is 16.5 Å². The van der Waals surface area contributed by atoms with E-state index in [1.807, 2.05) is 0 Å². The first-order valence-corrected chi connectivity index (χ1v) is 13.3. The Kier molecular flexibility index (Phi) is 8.39. The van der Waals surface area contributed by atoms with Gasteiger partial charge in [-0.1, -0.05) is 17.7 Å². The Morgan fingerprint density at radius 2 is 1.92 bits per heavy atom. The number of nitrogens with two attached hydrogens (primary N) is 1. The molecule has 1 aliphatic carbocycles. The number of hydrogen-bond donors (Lipinski definition) is 3. The van der Waals surface area contributed by atoms with Crippen LogP contribution in [0.15, 0.2) is 43.0 Å². The first-order valence-electron chi connectivity index (χ1n) is 11.5. The molecule has 4 rings (SSSR count). The summed E-state index contributed by atoms with van der Waals surface area (Å²) >= 11 is 5.67. The smallest absolute Gasteiger partial charge is 0.390 e. The number of alkyl halides is 3. The second-order valence-corrected chi connectivity index (χ2v) is 10.8. The van der Waals surface area contributed by atoms with E-state index in [-0.39, 0.29) is 41.9 Å². The molecule has 4 atom stereocenters. The fourth-order valence-corrected chi connectivity index (χ4v) is 5.11. The summed E-state index contributed by atoms with van der Waals surface area (Å²) in [6.45, 7) is -0.474. The third kappa shape index (κ3) is 6.98. The van der Waals surface area contributed by atoms with Gasteiger partial charge < -0.3 is 10.2 Å². The van der Waals surface area contributed by atoms with Crippen molar-refractivity contribution in [2.45, 2.75) is 37.8 Å². The molecule has 0 saturated heterocycles. The van der Waals surface area contributed by atoms with Crippen LogP contribution in [0.1, 0.15) is 39.3 Å². The lowest BCUT2D eigenvalue weighted by Crippen LogP contribution is -2.31. The van der Waals surface area contributed by atoms with Crippen LogP contribution in [0.2, 0.25) is 5.02 Å². The molecule has 1 aromatic carbocycles. The van der Waals surface area contributed by atoms with Crippen molar-refractivity contribution >= 4 is 27.7 Å². The molecule has 1 aliphatic rings. The monoisotopic (exact) mass is 589 g/mol. The van der Waals surface area contributed by atoms with Crippen LogP contribution in [0.3, 0.4) is 0 Å². The Labute approximate surface area is 225 Å². The summed E-state index contributed by atoms with van der Waals surface area (Å²) in [6.07, 6.45) is -2.99. The van der Waals surface area contributed by atoms with E-state index in [1.165, 1.54) is 35.5 Å². The van der Waals surface area contributed by atoms with Crippen molar-refractivity contribution in [2.75, 3.05) is 6.61 Å². The molecule has 1 fully saturated rings. The molecule has 11 nitrogen and oxygen atoms in total. The molecule has 0 radical (unpaired) electrons. The Morgan fingerprint density at radius 1 is 1.21 bits per heavy atom. The molecular formula is C23H23ClF3N5O6S. The molecule has 2 heterocycles. The molecular weight excluding hydrogens is 567 g/mol. The molecule has 210 valence electrons. The SMILES string of the molecule is NS(=O)(=O)OC[C@H]1C[C@@H](Cc2ncncc2C(=O)c2ccn(Cc3ccc(Cl)c(C(F)(F)F)c3)n2)[C@H](O)[C@@H]1O. The molecule has 39 heavy (non-hydrogen) atoms. The predicted molar refractivity (Wildman–Crippen MR) is 130 cm³/mol. The molecule has 0 unspecified atom stereocenters. The quantitative estimate of drug-likeness (QED) is 0.314. The summed E-state index contributed by atoms with van der Waals surface area (Å²) in [5, 5.41) is 29.4. The number of aliphatic hydroxyl groups is 2. The molecule has 0 aliphatic heterocycles. The average Bonchev–Trinajstić information content (AvgIpc) is 3.43. The summed E-state index contributed by atoms with van der Waals surface area (Å²) in [6, 6.07) is 4.88. The van der Waals surface area contributed by atoms with Gasteiger partial charge in [0.1, 0.15) is 12.0 Å². The molecule has 1 saturated carbocycles. The average molecular weight is 590 g/mol. The first kappa shape index (κ1) is 29.0. The maximum absolute atomic E-state index is 13.2. The molecule has 0 bridgehead atoms. The van der Waals surface area contributed by atoms with E-state index in [0.29, 0.717) is 0 Å². The number of carbonyl (C=O) groups is 1. The van der Waals surface area contributed by atoms with Crippen molar-refractivity contribution in [3.8, 4) is 0 Å². The largest absolute Gasteiger partial charge is 0.417 e. The number of halogens is 4. The van der Waals surface area contributed by atoms with Crippen LogP contribution in [-0.4, -0.2) is 63.0 Å². The predicted octanol–water partition coefficient (Wildman–Crippen LogP) is 1.75. The van der Waals surface area contributed by atoms with Crippen molar-refractivity contribution in [1.29, 1.82) is 0 Å². The fraction of sp³-hybridized carbons (Fsp3) is 0.391. The summed E-state index contributed by atoms with van der Waals surface area (Å²) < 4.78 is 67.5. The van der Waals surface area contributed by atoms with Gasteiger partial charge in [0.2, 0.25) is 5.78 Å². The van der Waals surface area contributed by atoms with Gasteiger partial charge in [-0.25, -0.2) is 15.1 Å². The molecule has 4 N–H and O–H groups in total. The van der Waals surface area contributed by atoms with Crippen LogP contribution >= 0.6 is 11.6 Å². The van der Waals surface area contributed by atoms with Gasteiger partial charge in [-0.05, 0) is 42.5 Å². The molecule has 0 spiro atoms. The number of ketones is 1. The van der Waals surface area contributed by atoms with Gasteiger partial charge in [-0.15, -0.1) is 0 Å². The highest BCUT2D eigenvalue weighted by Gasteiger charge is 2.42. The van der Waals surface area contributed by atoms with Gasteiger partial charge in [0.25, 0.3) is 0 Å². The van der Waals surface area contributed by atoms with Gasteiger partial charge in [-0.2, -0.15) is 26.7 Å². The zero-order valence-electron chi connectivity index (χ0n) is 20.0. The highest BCUT2D eigenvalue weighted by Crippen LogP contribution is 2.36. The molecule has 2 aromatic heterocycles. The van der Waals surface area contributed by atoms with E-state index in [4.69, 9.17) is 16.7 Å². The second kappa shape index (κ2) is 11.3. The third-order valence-electron chi connectivity index (χ3n) is 6.42. The van der Waals surface area contributed by atoms with E-state index < -0.39 is 63.5 Å². The van der Waals surface area contributed by atoms with Crippen LogP contribution < -0.4 is 5.14 Å². The van der Waals surface area contributed by atoms with Crippen molar-refractivity contribution < 1.29 is 40.8 Å². The van der Waals surface area contributed by atoms with Crippen molar-refractivity contribution in [3.05, 3.63) is 76.1 Å². The maximum atomic E-state index is 13.2. The maximum Gasteiger partial charge on any atom is 0.417 e. The van der Waals surface area contributed by atoms with E-state index >= 15 is 0 Å². The Morgan fingerprint density at radius 3 is 2.62 bits per heavy atom. The minimum atomic E-state index is -4.62. The highest BCUT2D eigenvalue weighted by molar-refractivity contribution is 7.84. The van der Waals surface area contributed by atoms with E-state index in [0.717, 1.165) is 12.1 Å². The normalized spacial score (nSPS) is 21.8. The van der Waals surface area contributed by atoms with Crippen molar-refractivity contribution in [1.82, 2.24) is 19.7 Å². The number of aromatic nitrogens is 4. The van der Waals surface area contributed by atoms with Crippen LogP contribution in [0.4, 0.5) is 13.2 Å². The van der Waals surface area contributed by atoms with Crippen molar-refractivity contribution in [3.63, 3.8) is 0 Å². The third-order valence-corrected chi connectivity index (χ3v) is 7.21. The zero-order chi connectivity index (χ0) is 28.5. The topological polar surface area (TPSA) is 171 Å². The van der Waals surface area contributed by atoms with Crippen LogP contribution in [-0.2, 0) is 33.6 Å². The summed E-state index contributed by atoms with van der Waals surface area (Å²) in [4.78, 5) is 21.3. The number of carbonyl (C=O) groups excluding carboxylic acids is 1. The highest BCUT2D eigenvalue weighted by atomic mass is 35.5. The number of hydrogen-bond acceptors (Lipinski definition) is 9. The first-order chi connectivity index (χ1) is 18.2. The van der Waals surface area contributed by atoms with Crippen LogP contribution in [0.25, 0.3) is 0 Å². The second-order valence-electron chi connectivity index (χ2n) is 9.14. The van der Waals surface area contributed by atoms with E-state index in [9.17, 15) is 36.6 Å². The van der Waals surface area contributed by atoms with Gasteiger partial charge in [0.15, 0.2) is 0 Å². The van der Waals surface area contributed by atoms with E-state index in [2.05, 4.69) is 19.2 Å². The van der Waals surface area contributed by atoms with Crippen LogP contribution in [0, 0.1) is 11.8 Å². The lowest BCUT2D eigenvalue weighted by molar-refractivity contribution is -0.137. The number of nitrogens with zero attached hydrogens (tertiary/aromatic N) is 4. The summed E-state index contributed by atoms with van der Waals surface area (Å²) in [7, 11) is -4.23. The van der Waals surface area contributed by atoms with E-state index in [1.54, 1.807) is 0 Å². The lowest BCUT2D eigenvalue weighted by Gasteiger charge is -2.17. The fourth-order valence-electron chi connectivity index (χ4n) is 4.52. The molecule has 16 heteroatoms. The summed E-state index contributed by atoms with van der Waals surface area (Å²) in [5.74, 6) is -1.86.